The average Bonchev–Trinajstić information content (AvgIpc) is 3.41. The summed E-state index contributed by atoms with van der Waals surface area (Å²) in [5.41, 5.74) is 0.0698. The van der Waals surface area contributed by atoms with Gasteiger partial charge < -0.3 is 19.6 Å². The Hall–Kier alpha value is -3.66. The number of alkyl halides is 2. The summed E-state index contributed by atoms with van der Waals surface area (Å²) in [5.74, 6) is -0.272. The maximum atomic E-state index is 12.8. The number of carbonyl (C=O) groups is 2. The van der Waals surface area contributed by atoms with Gasteiger partial charge in [-0.1, -0.05) is 104 Å². The van der Waals surface area contributed by atoms with E-state index in [1.54, 1.807) is 0 Å². The van der Waals surface area contributed by atoms with Gasteiger partial charge in [0.05, 0.1) is 40.5 Å². The van der Waals surface area contributed by atoms with Crippen molar-refractivity contribution in [1.82, 2.24) is 29.9 Å². The van der Waals surface area contributed by atoms with Crippen molar-refractivity contribution in [2.75, 3.05) is 29.6 Å². The van der Waals surface area contributed by atoms with Gasteiger partial charge in [0.1, 0.15) is 11.5 Å². The summed E-state index contributed by atoms with van der Waals surface area (Å²) in [7, 11) is -7.74. The second kappa shape index (κ2) is 24.4. The van der Waals surface area contributed by atoms with Crippen molar-refractivity contribution in [1.29, 1.82) is 0 Å². The highest BCUT2D eigenvalue weighted by molar-refractivity contribution is 8.13. The lowest BCUT2D eigenvalue weighted by molar-refractivity contribution is -0.135. The Labute approximate surface area is 351 Å². The summed E-state index contributed by atoms with van der Waals surface area (Å²) in [6.07, 6.45) is 7.50. The molecule has 0 unspecified atom stereocenters. The van der Waals surface area contributed by atoms with Crippen LogP contribution < -0.4 is 20.5 Å². The fourth-order valence-electron chi connectivity index (χ4n) is 4.53. The molecule has 4 aromatic rings. The summed E-state index contributed by atoms with van der Waals surface area (Å²) in [4.78, 5) is 50.3. The van der Waals surface area contributed by atoms with Crippen LogP contribution >= 0.6 is 54.2 Å². The van der Waals surface area contributed by atoms with Gasteiger partial charge >= 0.3 is 31.1 Å². The minimum Gasteiger partial charge on any atom is -0.480 e. The molecule has 0 aliphatic heterocycles. The number of carboxylic acids is 1. The van der Waals surface area contributed by atoms with Gasteiger partial charge in [-0.25, -0.2) is 22.6 Å². The first-order valence-electron chi connectivity index (χ1n) is 17.0. The minimum absolute atomic E-state index is 0.0257. The van der Waals surface area contributed by atoms with E-state index in [1.807, 2.05) is 30.3 Å². The zero-order valence-electron chi connectivity index (χ0n) is 31.1. The van der Waals surface area contributed by atoms with Gasteiger partial charge in [-0.2, -0.15) is 13.5 Å². The van der Waals surface area contributed by atoms with E-state index in [-0.39, 0.29) is 42.3 Å². The predicted octanol–water partition coefficient (Wildman–Crippen LogP) is 7.60. The topological polar surface area (TPSA) is 245 Å². The fourth-order valence-corrected chi connectivity index (χ4v) is 6.87. The third-order valence-electron chi connectivity index (χ3n) is 7.02. The molecule has 2 aromatic carbocycles. The quantitative estimate of drug-likeness (QED) is 0.0389. The Morgan fingerprint density at radius 2 is 1.64 bits per heavy atom. The van der Waals surface area contributed by atoms with Crippen molar-refractivity contribution in [2.24, 2.45) is 0 Å². The third-order valence-corrected chi connectivity index (χ3v) is 9.86. The van der Waals surface area contributed by atoms with E-state index < -0.39 is 48.7 Å². The zero-order chi connectivity index (χ0) is 43.6. The largest absolute Gasteiger partial charge is 0.480 e. The monoisotopic (exact) mass is 933 g/mol. The van der Waals surface area contributed by atoms with Crippen LogP contribution in [0.15, 0.2) is 53.3 Å². The summed E-state index contributed by atoms with van der Waals surface area (Å²) >= 11 is 18.9. The smallest absolute Gasteiger partial charge is 0.372 e. The molecule has 0 saturated carbocycles. The SMILES string of the molecule is CCCCCCCCSC(=O)Oc1cc(Cl)nnc1-c1ccccc1.Cc1nn(-c2cc(NS(C)(=O)=O)c(Cl)cc2Cl)c(=O)n1C(F)F.O=C(O)CNCP(=O)(O)O. The zero-order valence-corrected chi connectivity index (χ0v) is 35.9. The molecular formula is C33H41Cl3F2N7O10PS2. The Kier molecular flexibility index (Phi) is 21.3. The molecule has 17 nitrogen and oxygen atoms in total. The number of thioether (sulfide) groups is 1. The van der Waals surface area contributed by atoms with E-state index in [0.717, 1.165) is 36.5 Å². The van der Waals surface area contributed by atoms with E-state index in [9.17, 15) is 36.1 Å². The molecule has 0 bridgehead atoms. The Balaban J connectivity index is 0.000000327. The van der Waals surface area contributed by atoms with Crippen LogP contribution in [-0.4, -0.2) is 84.0 Å². The summed E-state index contributed by atoms with van der Waals surface area (Å²) < 4.78 is 66.8. The molecule has 0 aliphatic carbocycles. The van der Waals surface area contributed by atoms with Crippen LogP contribution in [0.25, 0.3) is 16.9 Å². The van der Waals surface area contributed by atoms with Gasteiger partial charge in [0.25, 0.3) is 0 Å². The number of halogens is 5. The predicted molar refractivity (Wildman–Crippen MR) is 219 cm³/mol. The van der Waals surface area contributed by atoms with E-state index in [2.05, 4.69) is 32.3 Å². The van der Waals surface area contributed by atoms with Crippen LogP contribution in [0, 0.1) is 6.92 Å². The molecule has 0 aliphatic rings. The molecule has 0 atom stereocenters. The number of carbonyl (C=O) groups excluding carboxylic acids is 1. The Morgan fingerprint density at radius 1 is 1.00 bits per heavy atom. The van der Waals surface area contributed by atoms with E-state index >= 15 is 0 Å². The molecule has 0 saturated heterocycles. The molecule has 0 radical (unpaired) electrons. The van der Waals surface area contributed by atoms with Crippen molar-refractivity contribution in [2.45, 2.75) is 58.9 Å². The van der Waals surface area contributed by atoms with Crippen LogP contribution in [-0.2, 0) is 19.4 Å². The number of carboxylic acid groups (broad SMARTS) is 1. The number of aliphatic carboxylic acids is 1. The highest BCUT2D eigenvalue weighted by atomic mass is 35.5. The van der Waals surface area contributed by atoms with Gasteiger partial charge in [-0.3, -0.25) is 19.4 Å². The first-order chi connectivity index (χ1) is 27.1. The standard InChI is InChI=1S/C19H23ClN2O2S.C11H10Cl2F2N4O3S.C3H8NO5P/c1-2-3-4-5-6-10-13-25-19(23)24-16-14-17(20)21-22-18(16)15-11-8-7-9-12-15;1-5-16-19(11(20)18(5)10(14)15)9-4-8(17-23(2,21)22)6(12)3-7(9)13;5-3(6)1-4-2-10(7,8)9/h7-9,11-12,14H,2-6,10,13H2,1H3;3-4,10,17H,1-2H3;4H,1-2H2,(H,5,6)(H2,7,8,9). The number of anilines is 1. The number of nitrogens with one attached hydrogen (secondary N) is 2. The second-order valence-corrected chi connectivity index (χ2v) is 17.5. The minimum atomic E-state index is -4.10. The molecule has 4 rings (SSSR count). The van der Waals surface area contributed by atoms with Crippen molar-refractivity contribution in [3.8, 4) is 22.7 Å². The summed E-state index contributed by atoms with van der Waals surface area (Å²) in [6, 6.07) is 13.3. The maximum absolute atomic E-state index is 12.8. The number of benzene rings is 2. The first-order valence-corrected chi connectivity index (χ1v) is 22.8. The van der Waals surface area contributed by atoms with Crippen LogP contribution in [0.4, 0.5) is 19.3 Å². The number of unbranched alkanes of at least 4 members (excludes halogenated alkanes) is 5. The van der Waals surface area contributed by atoms with Crippen molar-refractivity contribution >= 4 is 81.1 Å². The van der Waals surface area contributed by atoms with Gasteiger partial charge in [0.15, 0.2) is 10.9 Å². The van der Waals surface area contributed by atoms with Gasteiger partial charge in [0.2, 0.25) is 10.0 Å². The van der Waals surface area contributed by atoms with Gasteiger partial charge in [0, 0.05) is 17.4 Å². The number of nitrogens with zero attached hydrogens (tertiary/aromatic N) is 5. The van der Waals surface area contributed by atoms with E-state index in [4.69, 9.17) is 54.4 Å². The van der Waals surface area contributed by atoms with Crippen LogP contribution in [0.3, 0.4) is 0 Å². The molecule has 2 aromatic heterocycles. The number of sulfonamides is 1. The van der Waals surface area contributed by atoms with Crippen molar-refractivity contribution < 1.29 is 51.0 Å². The van der Waals surface area contributed by atoms with Gasteiger partial charge in [-0.15, -0.1) is 15.3 Å². The van der Waals surface area contributed by atoms with E-state index in [1.165, 1.54) is 56.5 Å². The Bertz CT molecular complexity index is 2200. The third kappa shape index (κ3) is 18.5. The maximum Gasteiger partial charge on any atom is 0.372 e. The first kappa shape index (κ1) is 50.5. The number of ether oxygens (including phenoxy) is 1. The number of rotatable bonds is 17. The van der Waals surface area contributed by atoms with Crippen LogP contribution in [0.5, 0.6) is 5.75 Å². The lowest BCUT2D eigenvalue weighted by Crippen LogP contribution is -2.25. The molecule has 2 heterocycles. The van der Waals surface area contributed by atoms with Gasteiger partial charge in [-0.05, 0) is 37.2 Å². The number of hydrogen-bond acceptors (Lipinski definition) is 12. The summed E-state index contributed by atoms with van der Waals surface area (Å²) in [5, 5.41) is 21.5. The molecule has 320 valence electrons. The molecule has 0 spiro atoms. The molecular weight excluding hydrogens is 894 g/mol. The Morgan fingerprint density at radius 3 is 2.21 bits per heavy atom. The fraction of sp³-hybridized carbons (Fsp3) is 0.394. The average molecular weight is 935 g/mol. The molecule has 0 fully saturated rings. The molecule has 25 heteroatoms. The number of aryl methyl sites for hydroxylation is 1. The van der Waals surface area contributed by atoms with Crippen LogP contribution in [0.1, 0.15) is 57.8 Å². The normalized spacial score (nSPS) is 11.3. The van der Waals surface area contributed by atoms with E-state index in [0.29, 0.717) is 16.1 Å². The number of aromatic nitrogens is 5. The summed E-state index contributed by atoms with van der Waals surface area (Å²) in [6.45, 7) is -0.0827. The number of hydrogen-bond donors (Lipinski definition) is 5. The lowest BCUT2D eigenvalue weighted by atomic mass is 10.1. The molecule has 5 N–H and O–H groups in total. The second-order valence-electron chi connectivity index (χ2n) is 11.9. The van der Waals surface area contributed by atoms with Crippen molar-refractivity contribution in [3.05, 3.63) is 80.0 Å². The lowest BCUT2D eigenvalue weighted by Gasteiger charge is -2.10. The van der Waals surface area contributed by atoms with Crippen LogP contribution in [0.2, 0.25) is 15.2 Å². The van der Waals surface area contributed by atoms with Crippen molar-refractivity contribution in [3.63, 3.8) is 0 Å². The molecule has 0 amide bonds. The molecule has 58 heavy (non-hydrogen) atoms. The highest BCUT2D eigenvalue weighted by Gasteiger charge is 2.21. The highest BCUT2D eigenvalue weighted by Crippen LogP contribution is 2.33.